The summed E-state index contributed by atoms with van der Waals surface area (Å²) in [5.41, 5.74) is 7.31. The van der Waals surface area contributed by atoms with Gasteiger partial charge in [0.15, 0.2) is 5.69 Å². The zero-order valence-electron chi connectivity index (χ0n) is 7.28. The van der Waals surface area contributed by atoms with Crippen molar-refractivity contribution in [2.24, 2.45) is 5.73 Å². The van der Waals surface area contributed by atoms with Crippen molar-refractivity contribution in [1.29, 1.82) is 0 Å². The number of rotatable bonds is 2. The number of methoxy groups -OCH3 is 1. The number of nitrogens with one attached hydrogen (secondary N) is 1. The van der Waals surface area contributed by atoms with E-state index in [0.717, 1.165) is 0 Å². The molecule has 0 aliphatic heterocycles. The van der Waals surface area contributed by atoms with Crippen LogP contribution < -0.4 is 11.2 Å². The molecule has 1 aromatic heterocycles. The molecule has 0 aliphatic carbocycles. The molecule has 0 radical (unpaired) electrons. The Morgan fingerprint density at radius 1 is 1.64 bits per heavy atom. The van der Waals surface area contributed by atoms with E-state index in [1.54, 1.807) is 6.07 Å². The number of hydrogen-bond donors (Lipinski definition) is 2. The van der Waals surface area contributed by atoms with Crippen molar-refractivity contribution in [2.75, 3.05) is 12.5 Å². The van der Waals surface area contributed by atoms with Crippen LogP contribution >= 0.6 is 15.9 Å². The van der Waals surface area contributed by atoms with Crippen LogP contribution in [0.25, 0.3) is 0 Å². The van der Waals surface area contributed by atoms with E-state index in [2.05, 4.69) is 26.1 Å². The largest absolute Gasteiger partial charge is 0.464 e. The summed E-state index contributed by atoms with van der Waals surface area (Å²) < 4.78 is 6.21. The lowest BCUT2D eigenvalue weighted by Crippen LogP contribution is -2.30. The highest BCUT2D eigenvalue weighted by molar-refractivity contribution is 9.10. The van der Waals surface area contributed by atoms with Gasteiger partial charge in [0, 0.05) is 6.20 Å². The number of carbonyl (C=O) groups is 2. The third-order valence-electron chi connectivity index (χ3n) is 1.45. The van der Waals surface area contributed by atoms with Crippen molar-refractivity contribution >= 4 is 27.9 Å². The van der Waals surface area contributed by atoms with Gasteiger partial charge in [0.05, 0.1) is 11.6 Å². The maximum absolute atomic E-state index is 11.2. The van der Waals surface area contributed by atoms with Crippen molar-refractivity contribution < 1.29 is 14.3 Å². The highest BCUT2D eigenvalue weighted by atomic mass is 79.9. The average Bonchev–Trinajstić information content (AvgIpc) is 2.45. The lowest BCUT2D eigenvalue weighted by atomic mass is 10.4. The van der Waals surface area contributed by atoms with Crippen LogP contribution in [0.2, 0.25) is 0 Å². The van der Waals surface area contributed by atoms with Crippen LogP contribution in [0, 0.1) is 0 Å². The molecule has 0 spiro atoms. The number of esters is 1. The standard InChI is InChI=1S/C7H8BrN3O3/c1-14-6(12)5-4(8)2-3-11(5)10-7(9)13/h2-3H,1H3,(H3,9,10,13). The van der Waals surface area contributed by atoms with E-state index in [9.17, 15) is 9.59 Å². The Labute approximate surface area is 88.1 Å². The Kier molecular flexibility index (Phi) is 3.13. The first-order valence-electron chi connectivity index (χ1n) is 3.58. The molecule has 0 saturated heterocycles. The fourth-order valence-electron chi connectivity index (χ4n) is 0.913. The molecule has 1 rings (SSSR count). The molecule has 0 saturated carbocycles. The molecule has 0 bridgehead atoms. The number of carbonyl (C=O) groups excluding carboxylic acids is 2. The Hall–Kier alpha value is -1.50. The van der Waals surface area contributed by atoms with Crippen LogP contribution in [0.1, 0.15) is 10.5 Å². The van der Waals surface area contributed by atoms with Gasteiger partial charge in [-0.25, -0.2) is 15.0 Å². The molecule has 0 unspecified atom stereocenters. The molecule has 76 valence electrons. The van der Waals surface area contributed by atoms with Crippen LogP contribution in [0.4, 0.5) is 4.79 Å². The molecule has 0 fully saturated rings. The topological polar surface area (TPSA) is 86.3 Å². The monoisotopic (exact) mass is 261 g/mol. The summed E-state index contributed by atoms with van der Waals surface area (Å²) in [5.74, 6) is -0.573. The SMILES string of the molecule is COC(=O)c1c(Br)ccn1NC(N)=O. The molecule has 14 heavy (non-hydrogen) atoms. The predicted molar refractivity (Wildman–Crippen MR) is 52.4 cm³/mol. The zero-order chi connectivity index (χ0) is 10.7. The second kappa shape index (κ2) is 4.14. The fraction of sp³-hybridized carbons (Fsp3) is 0.143. The second-order valence-electron chi connectivity index (χ2n) is 2.35. The third-order valence-corrected chi connectivity index (χ3v) is 2.09. The van der Waals surface area contributed by atoms with Gasteiger partial charge in [-0.3, -0.25) is 4.68 Å². The van der Waals surface area contributed by atoms with E-state index in [-0.39, 0.29) is 5.69 Å². The Morgan fingerprint density at radius 3 is 2.79 bits per heavy atom. The van der Waals surface area contributed by atoms with Gasteiger partial charge < -0.3 is 10.5 Å². The smallest absolute Gasteiger partial charge is 0.357 e. The number of primary amides is 1. The summed E-state index contributed by atoms with van der Waals surface area (Å²) >= 11 is 3.13. The van der Waals surface area contributed by atoms with Crippen molar-refractivity contribution in [1.82, 2.24) is 4.68 Å². The van der Waals surface area contributed by atoms with E-state index < -0.39 is 12.0 Å². The maximum atomic E-state index is 11.2. The Bertz CT molecular complexity index is 374. The second-order valence-corrected chi connectivity index (χ2v) is 3.20. The molecular formula is C7H8BrN3O3. The van der Waals surface area contributed by atoms with Crippen molar-refractivity contribution in [3.05, 3.63) is 22.4 Å². The molecule has 0 aliphatic rings. The number of aromatic nitrogens is 1. The summed E-state index contributed by atoms with van der Waals surface area (Å²) in [7, 11) is 1.25. The highest BCUT2D eigenvalue weighted by Crippen LogP contribution is 2.17. The van der Waals surface area contributed by atoms with Gasteiger partial charge in [-0.05, 0) is 22.0 Å². The molecule has 0 aromatic carbocycles. The number of hydrogen-bond acceptors (Lipinski definition) is 3. The minimum atomic E-state index is -0.766. The quantitative estimate of drug-likeness (QED) is 0.767. The lowest BCUT2D eigenvalue weighted by Gasteiger charge is -2.07. The summed E-state index contributed by atoms with van der Waals surface area (Å²) in [6.07, 6.45) is 1.47. The first-order valence-corrected chi connectivity index (χ1v) is 4.37. The van der Waals surface area contributed by atoms with Crippen LogP contribution in [0.3, 0.4) is 0 Å². The number of nitrogens with zero attached hydrogens (tertiary/aromatic N) is 1. The molecule has 6 nitrogen and oxygen atoms in total. The van der Waals surface area contributed by atoms with Gasteiger partial charge in [-0.15, -0.1) is 0 Å². The number of urea groups is 1. The van der Waals surface area contributed by atoms with E-state index >= 15 is 0 Å². The third kappa shape index (κ3) is 2.05. The van der Waals surface area contributed by atoms with Gasteiger partial charge in [-0.1, -0.05) is 0 Å². The first kappa shape index (κ1) is 10.6. The predicted octanol–water partition coefficient (Wildman–Crippen LogP) is 0.659. The molecule has 1 heterocycles. The van der Waals surface area contributed by atoms with E-state index in [0.29, 0.717) is 4.47 Å². The van der Waals surface area contributed by atoms with Crippen molar-refractivity contribution in [3.63, 3.8) is 0 Å². The lowest BCUT2D eigenvalue weighted by molar-refractivity contribution is 0.0589. The molecule has 1 aromatic rings. The molecule has 7 heteroatoms. The van der Waals surface area contributed by atoms with Crippen LogP contribution in [0.15, 0.2) is 16.7 Å². The summed E-state index contributed by atoms with van der Waals surface area (Å²) in [6.45, 7) is 0. The highest BCUT2D eigenvalue weighted by Gasteiger charge is 2.16. The first-order chi connectivity index (χ1) is 6.56. The van der Waals surface area contributed by atoms with Crippen LogP contribution in [-0.2, 0) is 4.74 Å². The number of ether oxygens (including phenoxy) is 1. The zero-order valence-corrected chi connectivity index (χ0v) is 8.87. The number of amides is 2. The minimum absolute atomic E-state index is 0.173. The van der Waals surface area contributed by atoms with Gasteiger partial charge in [0.25, 0.3) is 0 Å². The maximum Gasteiger partial charge on any atom is 0.357 e. The molecule has 0 atom stereocenters. The van der Waals surface area contributed by atoms with E-state index in [4.69, 9.17) is 5.73 Å². The Morgan fingerprint density at radius 2 is 2.29 bits per heavy atom. The van der Waals surface area contributed by atoms with E-state index in [1.807, 2.05) is 0 Å². The fourth-order valence-corrected chi connectivity index (χ4v) is 1.38. The van der Waals surface area contributed by atoms with Crippen LogP contribution in [-0.4, -0.2) is 23.8 Å². The Balaban J connectivity index is 3.05. The number of halogens is 1. The molecular weight excluding hydrogens is 254 g/mol. The van der Waals surface area contributed by atoms with Crippen molar-refractivity contribution in [3.8, 4) is 0 Å². The van der Waals surface area contributed by atoms with E-state index in [1.165, 1.54) is 18.0 Å². The number of nitrogens with two attached hydrogens (primary N) is 1. The van der Waals surface area contributed by atoms with Gasteiger partial charge in [-0.2, -0.15) is 0 Å². The normalized spacial score (nSPS) is 9.57. The van der Waals surface area contributed by atoms with Gasteiger partial charge in [0.1, 0.15) is 0 Å². The molecule has 3 N–H and O–H groups in total. The van der Waals surface area contributed by atoms with Crippen molar-refractivity contribution in [2.45, 2.75) is 0 Å². The summed E-state index contributed by atoms with van der Waals surface area (Å²) in [6, 6.07) is 0.820. The minimum Gasteiger partial charge on any atom is -0.464 e. The van der Waals surface area contributed by atoms with Gasteiger partial charge >= 0.3 is 12.0 Å². The van der Waals surface area contributed by atoms with Gasteiger partial charge in [0.2, 0.25) is 0 Å². The molecule has 2 amide bonds. The summed E-state index contributed by atoms with van der Waals surface area (Å²) in [4.78, 5) is 21.8. The average molecular weight is 262 g/mol. The van der Waals surface area contributed by atoms with Crippen LogP contribution in [0.5, 0.6) is 0 Å². The summed E-state index contributed by atoms with van der Waals surface area (Å²) in [5, 5.41) is 0.